The number of hydrogen-bond donors (Lipinski definition) is 0. The van der Waals surface area contributed by atoms with Crippen molar-refractivity contribution in [2.24, 2.45) is 0 Å². The highest BCUT2D eigenvalue weighted by atomic mass is 32.1. The van der Waals surface area contributed by atoms with Gasteiger partial charge in [0.1, 0.15) is 22.9 Å². The third kappa shape index (κ3) is 3.93. The van der Waals surface area contributed by atoms with Crippen molar-refractivity contribution in [1.82, 2.24) is 19.4 Å². The molecule has 1 aromatic carbocycles. The minimum Gasteiger partial charge on any atom is -0.490 e. The number of thiophene rings is 1. The fourth-order valence-corrected chi connectivity index (χ4v) is 6.00. The average molecular weight is 453 g/mol. The molecule has 2 fully saturated rings. The van der Waals surface area contributed by atoms with Gasteiger partial charge >= 0.3 is 0 Å². The molecule has 4 heterocycles. The lowest BCUT2D eigenvalue weighted by Gasteiger charge is -2.36. The van der Waals surface area contributed by atoms with Gasteiger partial charge in [0.25, 0.3) is 5.56 Å². The Hall–Kier alpha value is -2.71. The Morgan fingerprint density at radius 2 is 1.91 bits per heavy atom. The van der Waals surface area contributed by atoms with Gasteiger partial charge in [-0.1, -0.05) is 0 Å². The normalized spacial score (nSPS) is 22.9. The molecule has 2 bridgehead atoms. The highest BCUT2D eigenvalue weighted by molar-refractivity contribution is 7.18. The molecule has 2 aromatic heterocycles. The van der Waals surface area contributed by atoms with E-state index in [0.717, 1.165) is 29.2 Å². The van der Waals surface area contributed by atoms with E-state index >= 15 is 0 Å². The lowest BCUT2D eigenvalue weighted by Crippen LogP contribution is -2.43. The van der Waals surface area contributed by atoms with Crippen LogP contribution in [-0.4, -0.2) is 57.5 Å². The number of rotatable bonds is 5. The Labute approximate surface area is 191 Å². The summed E-state index contributed by atoms with van der Waals surface area (Å²) in [5.74, 6) is 0.832. The first-order chi connectivity index (χ1) is 15.4. The lowest BCUT2D eigenvalue weighted by atomic mass is 10.0. The van der Waals surface area contributed by atoms with Crippen molar-refractivity contribution in [3.63, 3.8) is 0 Å². The van der Waals surface area contributed by atoms with E-state index in [1.165, 1.54) is 31.1 Å². The minimum absolute atomic E-state index is 0.0111. The highest BCUT2D eigenvalue weighted by Crippen LogP contribution is 2.36. The van der Waals surface area contributed by atoms with Gasteiger partial charge in [0.2, 0.25) is 5.91 Å². The van der Waals surface area contributed by atoms with Crippen LogP contribution in [0.1, 0.15) is 37.5 Å². The van der Waals surface area contributed by atoms with E-state index in [1.54, 1.807) is 22.8 Å². The molecule has 8 heteroatoms. The molecule has 2 unspecified atom stereocenters. The summed E-state index contributed by atoms with van der Waals surface area (Å²) in [5, 5.41) is 0. The van der Waals surface area contributed by atoms with Crippen LogP contribution in [0.3, 0.4) is 0 Å². The van der Waals surface area contributed by atoms with Crippen molar-refractivity contribution in [2.75, 3.05) is 14.1 Å². The summed E-state index contributed by atoms with van der Waals surface area (Å²) in [4.78, 5) is 34.1. The molecular weight excluding hydrogens is 424 g/mol. The summed E-state index contributed by atoms with van der Waals surface area (Å²) in [6, 6.07) is 10.9. The van der Waals surface area contributed by atoms with Crippen LogP contribution < -0.4 is 10.3 Å². The number of piperidine rings is 1. The van der Waals surface area contributed by atoms with Gasteiger partial charge in [0.15, 0.2) is 0 Å². The van der Waals surface area contributed by atoms with E-state index in [4.69, 9.17) is 4.74 Å². The predicted octanol–water partition coefficient (Wildman–Crippen LogP) is 3.43. The number of hydrogen-bond acceptors (Lipinski definition) is 6. The van der Waals surface area contributed by atoms with Crippen LogP contribution in [-0.2, 0) is 11.3 Å². The molecular formula is C24H28N4O3S. The van der Waals surface area contributed by atoms with Crippen molar-refractivity contribution in [2.45, 2.75) is 57.3 Å². The largest absolute Gasteiger partial charge is 0.490 e. The first kappa shape index (κ1) is 21.2. The second kappa shape index (κ2) is 8.33. The van der Waals surface area contributed by atoms with Crippen LogP contribution in [0.4, 0.5) is 0 Å². The van der Waals surface area contributed by atoms with Crippen molar-refractivity contribution >= 4 is 27.5 Å². The summed E-state index contributed by atoms with van der Waals surface area (Å²) < 4.78 is 8.44. The molecule has 2 saturated heterocycles. The first-order valence-electron chi connectivity index (χ1n) is 11.1. The maximum atomic E-state index is 13.1. The van der Waals surface area contributed by atoms with Gasteiger partial charge in [-0.05, 0) is 63.1 Å². The number of benzene rings is 1. The number of aromatic nitrogens is 2. The topological polar surface area (TPSA) is 67.7 Å². The molecule has 2 atom stereocenters. The Bertz CT molecular complexity index is 1190. The van der Waals surface area contributed by atoms with Crippen LogP contribution in [0.15, 0.2) is 41.5 Å². The lowest BCUT2D eigenvalue weighted by molar-refractivity contribution is -0.128. The molecule has 5 rings (SSSR count). The summed E-state index contributed by atoms with van der Waals surface area (Å²) in [6.45, 7) is 2.00. The predicted molar refractivity (Wildman–Crippen MR) is 126 cm³/mol. The maximum absolute atomic E-state index is 13.1. The Morgan fingerprint density at radius 1 is 1.22 bits per heavy atom. The van der Waals surface area contributed by atoms with E-state index in [1.807, 2.05) is 30.3 Å². The van der Waals surface area contributed by atoms with E-state index in [-0.39, 0.29) is 17.6 Å². The number of carbonyl (C=O) groups excluding carboxylic acids is 1. The minimum atomic E-state index is -0.0997. The van der Waals surface area contributed by atoms with Crippen molar-refractivity contribution in [3.8, 4) is 11.4 Å². The van der Waals surface area contributed by atoms with Crippen molar-refractivity contribution < 1.29 is 9.53 Å². The third-order valence-electron chi connectivity index (χ3n) is 6.89. The quantitative estimate of drug-likeness (QED) is 0.593. The zero-order valence-corrected chi connectivity index (χ0v) is 19.5. The fraction of sp³-hybridized carbons (Fsp3) is 0.458. The van der Waals surface area contributed by atoms with Gasteiger partial charge in [-0.2, -0.15) is 0 Å². The standard InChI is InChI=1S/C24H28N4O3S/c1-15(29)26(2)13-21-12-22-23(32-21)24(30)28(14-25-22)16-6-8-19(9-7-16)31-20-10-17-4-5-18(11-20)27(17)3/h6-9,12,14,17-18,20H,4-5,10-11,13H2,1-3H3. The van der Waals surface area contributed by atoms with Crippen LogP contribution in [0.25, 0.3) is 15.9 Å². The van der Waals surface area contributed by atoms with Crippen LogP contribution in [0.2, 0.25) is 0 Å². The summed E-state index contributed by atoms with van der Waals surface area (Å²) in [5.41, 5.74) is 1.33. The molecule has 0 N–H and O–H groups in total. The highest BCUT2D eigenvalue weighted by Gasteiger charge is 2.39. The Morgan fingerprint density at radius 3 is 2.56 bits per heavy atom. The molecule has 0 radical (unpaired) electrons. The molecule has 0 aliphatic carbocycles. The van der Waals surface area contributed by atoms with Gasteiger partial charge < -0.3 is 14.5 Å². The molecule has 1 amide bonds. The first-order valence-corrected chi connectivity index (χ1v) is 11.9. The van der Waals surface area contributed by atoms with Crippen molar-refractivity contribution in [1.29, 1.82) is 0 Å². The molecule has 168 valence electrons. The number of amides is 1. The SMILES string of the molecule is CC(=O)N(C)Cc1cc2ncn(-c3ccc(OC4CC5CCC(C4)N5C)cc3)c(=O)c2s1. The molecule has 32 heavy (non-hydrogen) atoms. The molecule has 3 aromatic rings. The average Bonchev–Trinajstić information content (AvgIpc) is 3.25. The maximum Gasteiger partial charge on any atom is 0.275 e. The zero-order valence-electron chi connectivity index (χ0n) is 18.7. The molecule has 2 aliphatic rings. The van der Waals surface area contributed by atoms with E-state index < -0.39 is 0 Å². The van der Waals surface area contributed by atoms with E-state index in [9.17, 15) is 9.59 Å². The summed E-state index contributed by atoms with van der Waals surface area (Å²) in [6.07, 6.45) is 6.53. The summed E-state index contributed by atoms with van der Waals surface area (Å²) in [7, 11) is 3.98. The van der Waals surface area contributed by atoms with Gasteiger partial charge in [0.05, 0.1) is 17.7 Å². The molecule has 7 nitrogen and oxygen atoms in total. The number of nitrogens with zero attached hydrogens (tertiary/aromatic N) is 4. The summed E-state index contributed by atoms with van der Waals surface area (Å²) >= 11 is 1.39. The zero-order chi connectivity index (χ0) is 22.4. The van der Waals surface area contributed by atoms with E-state index in [2.05, 4.69) is 16.9 Å². The Kier molecular flexibility index (Phi) is 5.51. The fourth-order valence-electron chi connectivity index (χ4n) is 4.90. The van der Waals surface area contributed by atoms with Gasteiger partial charge in [-0.15, -0.1) is 11.3 Å². The second-order valence-electron chi connectivity index (χ2n) is 8.98. The van der Waals surface area contributed by atoms with Crippen LogP contribution in [0.5, 0.6) is 5.75 Å². The van der Waals surface area contributed by atoms with Gasteiger partial charge in [0, 0.05) is 30.9 Å². The Balaban J connectivity index is 1.33. The van der Waals surface area contributed by atoms with Crippen molar-refractivity contribution in [3.05, 3.63) is 51.9 Å². The number of fused-ring (bicyclic) bond motifs is 3. The second-order valence-corrected chi connectivity index (χ2v) is 10.1. The molecule has 0 spiro atoms. The van der Waals surface area contributed by atoms with E-state index in [0.29, 0.717) is 28.8 Å². The van der Waals surface area contributed by atoms with Crippen LogP contribution in [0, 0.1) is 0 Å². The number of carbonyl (C=O) groups is 1. The van der Waals surface area contributed by atoms with Gasteiger partial charge in [-0.3, -0.25) is 14.2 Å². The number of ether oxygens (including phenoxy) is 1. The van der Waals surface area contributed by atoms with Gasteiger partial charge in [-0.25, -0.2) is 4.98 Å². The molecule has 2 aliphatic heterocycles. The smallest absolute Gasteiger partial charge is 0.275 e. The van der Waals surface area contributed by atoms with Crippen LogP contribution >= 0.6 is 11.3 Å². The molecule has 0 saturated carbocycles. The monoisotopic (exact) mass is 452 g/mol. The third-order valence-corrected chi connectivity index (χ3v) is 7.99.